The molecule has 0 aromatic carbocycles. The molecule has 2 unspecified atom stereocenters. The molecule has 4 rings (SSSR count). The van der Waals surface area contributed by atoms with E-state index in [4.69, 9.17) is 9.47 Å². The number of likely N-dealkylation sites (tertiary alicyclic amines) is 2. The third kappa shape index (κ3) is 9.44. The summed E-state index contributed by atoms with van der Waals surface area (Å²) in [6.45, 7) is 25.2. The van der Waals surface area contributed by atoms with Crippen molar-refractivity contribution in [1.82, 2.24) is 9.80 Å². The van der Waals surface area contributed by atoms with E-state index in [9.17, 15) is 9.59 Å². The van der Waals surface area contributed by atoms with Crippen LogP contribution in [-0.2, 0) is 19.1 Å². The fourth-order valence-electron chi connectivity index (χ4n) is 8.79. The largest absolute Gasteiger partial charge is 0.462 e. The fourth-order valence-corrected chi connectivity index (χ4v) is 8.79. The molecule has 2 aliphatic heterocycles. The first-order valence-electron chi connectivity index (χ1n) is 17.8. The first-order valence-corrected chi connectivity index (χ1v) is 17.8. The van der Waals surface area contributed by atoms with Gasteiger partial charge in [-0.2, -0.15) is 0 Å². The van der Waals surface area contributed by atoms with Gasteiger partial charge in [-0.3, -0.25) is 9.59 Å². The van der Waals surface area contributed by atoms with Crippen LogP contribution in [0.25, 0.3) is 0 Å². The van der Waals surface area contributed by atoms with Crippen molar-refractivity contribution in [3.05, 3.63) is 24.3 Å². The van der Waals surface area contributed by atoms with Crippen LogP contribution in [-0.4, -0.2) is 73.2 Å². The van der Waals surface area contributed by atoms with Gasteiger partial charge in [-0.05, 0) is 84.9 Å². The highest BCUT2D eigenvalue weighted by molar-refractivity contribution is 5.70. The fraction of sp³-hybridized carbons (Fsp3) is 0.842. The molecule has 250 valence electrons. The standard InChI is InChI=1S/C38H64N2O4/c1-35(2)19-11-20-36(3,4)31(35)27-39-23-15-29(16-24-39)43-33(41)13-9-10-14-34(42)44-30-17-25-40(26-18-30)28-32-37(5,6)21-12-22-38(32,7)8/h11-12,19,21,29-32H,9-10,13-18,20,22-28H2,1-8H3. The molecule has 0 amide bonds. The van der Waals surface area contributed by atoms with Crippen molar-refractivity contribution in [2.75, 3.05) is 39.3 Å². The Morgan fingerprint density at radius 2 is 0.955 bits per heavy atom. The average molecular weight is 613 g/mol. The molecular formula is C38H64N2O4. The molecule has 6 heteroatoms. The van der Waals surface area contributed by atoms with Crippen molar-refractivity contribution in [3.63, 3.8) is 0 Å². The summed E-state index contributed by atoms with van der Waals surface area (Å²) in [4.78, 5) is 30.2. The van der Waals surface area contributed by atoms with E-state index >= 15 is 0 Å². The number of allylic oxidation sites excluding steroid dienone is 4. The zero-order valence-corrected chi connectivity index (χ0v) is 29.5. The van der Waals surface area contributed by atoms with E-state index in [1.54, 1.807) is 0 Å². The van der Waals surface area contributed by atoms with Crippen LogP contribution in [0.15, 0.2) is 24.3 Å². The van der Waals surface area contributed by atoms with Crippen LogP contribution >= 0.6 is 0 Å². The van der Waals surface area contributed by atoms with Crippen LogP contribution in [0.4, 0.5) is 0 Å². The Kier molecular flexibility index (Phi) is 11.5. The first-order chi connectivity index (χ1) is 20.6. The third-order valence-corrected chi connectivity index (χ3v) is 11.6. The van der Waals surface area contributed by atoms with Crippen molar-refractivity contribution in [3.8, 4) is 0 Å². The van der Waals surface area contributed by atoms with Gasteiger partial charge in [0.05, 0.1) is 0 Å². The number of esters is 2. The number of piperidine rings is 2. The summed E-state index contributed by atoms with van der Waals surface area (Å²) in [6, 6.07) is 0. The van der Waals surface area contributed by atoms with Gasteiger partial charge in [-0.25, -0.2) is 0 Å². The van der Waals surface area contributed by atoms with E-state index in [1.165, 1.54) is 0 Å². The van der Waals surface area contributed by atoms with Crippen molar-refractivity contribution >= 4 is 11.9 Å². The van der Waals surface area contributed by atoms with Crippen molar-refractivity contribution in [2.24, 2.45) is 33.5 Å². The summed E-state index contributed by atoms with van der Waals surface area (Å²) < 4.78 is 11.7. The Bertz CT molecular complexity index is 943. The Morgan fingerprint density at radius 3 is 1.27 bits per heavy atom. The van der Waals surface area contributed by atoms with Crippen LogP contribution in [0, 0.1) is 33.5 Å². The van der Waals surface area contributed by atoms with Crippen LogP contribution in [0.3, 0.4) is 0 Å². The lowest BCUT2D eigenvalue weighted by molar-refractivity contribution is -0.153. The highest BCUT2D eigenvalue weighted by Gasteiger charge is 2.43. The van der Waals surface area contributed by atoms with Gasteiger partial charge < -0.3 is 19.3 Å². The molecule has 44 heavy (non-hydrogen) atoms. The Labute approximate surface area is 269 Å². The SMILES string of the molecule is CC1(C)C=CCC(C)(C)C1CN1CCC(OC(=O)CCCCC(=O)OC2CCN(CC3C(C)(C)C=CCC3(C)C)CC2)CC1. The zero-order valence-electron chi connectivity index (χ0n) is 29.5. The van der Waals surface area contributed by atoms with Crippen molar-refractivity contribution in [2.45, 2.75) is 132 Å². The molecular weight excluding hydrogens is 548 g/mol. The summed E-state index contributed by atoms with van der Waals surface area (Å²) in [5.41, 5.74) is 1.01. The minimum Gasteiger partial charge on any atom is -0.462 e. The summed E-state index contributed by atoms with van der Waals surface area (Å²) in [5.74, 6) is 0.985. The average Bonchev–Trinajstić information content (AvgIpc) is 2.92. The van der Waals surface area contributed by atoms with Gasteiger partial charge >= 0.3 is 11.9 Å². The second kappa shape index (κ2) is 14.4. The number of hydrogen-bond acceptors (Lipinski definition) is 6. The van der Waals surface area contributed by atoms with Crippen LogP contribution < -0.4 is 0 Å². The number of ether oxygens (including phenoxy) is 2. The summed E-state index contributed by atoms with van der Waals surface area (Å²) in [7, 11) is 0. The van der Waals surface area contributed by atoms with Gasteiger partial charge in [-0.15, -0.1) is 0 Å². The molecule has 2 atom stereocenters. The lowest BCUT2D eigenvalue weighted by Crippen LogP contribution is -2.48. The topological polar surface area (TPSA) is 59.1 Å². The molecule has 0 aromatic rings. The van der Waals surface area contributed by atoms with E-state index in [0.717, 1.165) is 77.8 Å². The third-order valence-electron chi connectivity index (χ3n) is 11.6. The molecule has 6 nitrogen and oxygen atoms in total. The highest BCUT2D eigenvalue weighted by atomic mass is 16.5. The summed E-state index contributed by atoms with van der Waals surface area (Å²) in [6.07, 6.45) is 17.6. The Balaban J connectivity index is 1.06. The molecule has 2 saturated heterocycles. The minimum absolute atomic E-state index is 0.0218. The monoisotopic (exact) mass is 612 g/mol. The highest BCUT2D eigenvalue weighted by Crippen LogP contribution is 2.49. The van der Waals surface area contributed by atoms with Gasteiger partial charge in [-0.1, -0.05) is 79.7 Å². The normalized spacial score (nSPS) is 28.9. The maximum Gasteiger partial charge on any atom is 0.306 e. The number of rotatable bonds is 11. The maximum absolute atomic E-state index is 12.5. The predicted molar refractivity (Wildman–Crippen MR) is 179 cm³/mol. The van der Waals surface area contributed by atoms with E-state index in [-0.39, 0.29) is 35.0 Å². The van der Waals surface area contributed by atoms with E-state index < -0.39 is 0 Å². The zero-order chi connectivity index (χ0) is 32.2. The molecule has 0 aromatic heterocycles. The quantitative estimate of drug-likeness (QED) is 0.135. The molecule has 4 aliphatic rings. The van der Waals surface area contributed by atoms with Crippen LogP contribution in [0.2, 0.25) is 0 Å². The van der Waals surface area contributed by atoms with Crippen LogP contribution in [0.1, 0.15) is 120 Å². The maximum atomic E-state index is 12.5. The van der Waals surface area contributed by atoms with Gasteiger partial charge in [0.2, 0.25) is 0 Å². The number of nitrogens with zero attached hydrogens (tertiary/aromatic N) is 2. The Morgan fingerprint density at radius 1 is 0.614 bits per heavy atom. The molecule has 2 aliphatic carbocycles. The van der Waals surface area contributed by atoms with Crippen LogP contribution in [0.5, 0.6) is 0 Å². The van der Waals surface area contributed by atoms with Gasteiger partial charge in [0.15, 0.2) is 0 Å². The number of hydrogen-bond donors (Lipinski definition) is 0. The first kappa shape index (κ1) is 35.2. The van der Waals surface area contributed by atoms with E-state index in [0.29, 0.717) is 48.3 Å². The number of unbranched alkanes of at least 4 members (excludes halogenated alkanes) is 1. The Hall–Kier alpha value is -1.66. The predicted octanol–water partition coefficient (Wildman–Crippen LogP) is 7.82. The van der Waals surface area contributed by atoms with Gasteiger partial charge in [0.1, 0.15) is 12.2 Å². The summed E-state index contributed by atoms with van der Waals surface area (Å²) >= 11 is 0. The summed E-state index contributed by atoms with van der Waals surface area (Å²) in [5, 5.41) is 0. The van der Waals surface area contributed by atoms with Gasteiger partial charge in [0, 0.05) is 52.1 Å². The number of carbonyl (C=O) groups excluding carboxylic acids is 2. The lowest BCUT2D eigenvalue weighted by Gasteiger charge is -2.49. The molecule has 0 saturated carbocycles. The van der Waals surface area contributed by atoms with Gasteiger partial charge in [0.25, 0.3) is 0 Å². The van der Waals surface area contributed by atoms with E-state index in [1.807, 2.05) is 0 Å². The number of carbonyl (C=O) groups is 2. The molecule has 0 radical (unpaired) electrons. The molecule has 0 N–H and O–H groups in total. The van der Waals surface area contributed by atoms with Crippen molar-refractivity contribution < 1.29 is 19.1 Å². The second-order valence-corrected chi connectivity index (χ2v) is 17.1. The molecule has 0 bridgehead atoms. The lowest BCUT2D eigenvalue weighted by atomic mass is 9.60. The smallest absolute Gasteiger partial charge is 0.306 e. The minimum atomic E-state index is -0.122. The molecule has 2 heterocycles. The van der Waals surface area contributed by atoms with E-state index in [2.05, 4.69) is 89.5 Å². The molecule has 2 fully saturated rings. The molecule has 0 spiro atoms. The second-order valence-electron chi connectivity index (χ2n) is 17.1. The van der Waals surface area contributed by atoms with Crippen molar-refractivity contribution in [1.29, 1.82) is 0 Å².